The second kappa shape index (κ2) is 7.10. The second-order valence-corrected chi connectivity index (χ2v) is 6.75. The molecule has 2 atom stereocenters. The van der Waals surface area contributed by atoms with E-state index < -0.39 is 0 Å². The summed E-state index contributed by atoms with van der Waals surface area (Å²) in [6.07, 6.45) is 2.24. The van der Waals surface area contributed by atoms with Crippen LogP contribution in [0.3, 0.4) is 0 Å². The molecule has 2 unspecified atom stereocenters. The van der Waals surface area contributed by atoms with E-state index in [1.807, 2.05) is 0 Å². The van der Waals surface area contributed by atoms with Gasteiger partial charge in [-0.2, -0.15) is 0 Å². The molecule has 0 radical (unpaired) electrons. The smallest absolute Gasteiger partial charge is 0.125 e. The first-order chi connectivity index (χ1) is 9.52. The summed E-state index contributed by atoms with van der Waals surface area (Å²) in [5, 5.41) is 4.08. The molecule has 0 saturated carbocycles. The van der Waals surface area contributed by atoms with Gasteiger partial charge in [-0.25, -0.2) is 4.39 Å². The average Bonchev–Trinajstić information content (AvgIpc) is 2.36. The molecule has 1 aromatic carbocycles. The SMILES string of the molecule is CCCNC1CCN(c2c(Cl)cc(F)cc2Br)CC1C. The zero-order valence-corrected chi connectivity index (χ0v) is 14.3. The van der Waals surface area contributed by atoms with E-state index in [1.165, 1.54) is 12.1 Å². The predicted octanol–water partition coefficient (Wildman–Crippen LogP) is 4.46. The highest BCUT2D eigenvalue weighted by Gasteiger charge is 2.27. The molecule has 1 heterocycles. The number of hydrogen-bond acceptors (Lipinski definition) is 2. The minimum Gasteiger partial charge on any atom is -0.369 e. The third-order valence-electron chi connectivity index (χ3n) is 3.86. The van der Waals surface area contributed by atoms with Gasteiger partial charge in [-0.3, -0.25) is 0 Å². The third kappa shape index (κ3) is 3.66. The number of nitrogens with zero attached hydrogens (tertiary/aromatic N) is 1. The Morgan fingerprint density at radius 1 is 1.50 bits per heavy atom. The molecule has 2 nitrogen and oxygen atoms in total. The van der Waals surface area contributed by atoms with Crippen molar-refractivity contribution in [3.63, 3.8) is 0 Å². The Balaban J connectivity index is 2.09. The van der Waals surface area contributed by atoms with Crippen LogP contribution in [0, 0.1) is 11.7 Å². The molecule has 0 spiro atoms. The number of halogens is 3. The topological polar surface area (TPSA) is 15.3 Å². The van der Waals surface area contributed by atoms with Crippen LogP contribution in [0.25, 0.3) is 0 Å². The number of anilines is 1. The lowest BCUT2D eigenvalue weighted by Gasteiger charge is -2.39. The van der Waals surface area contributed by atoms with Crippen molar-refractivity contribution in [1.82, 2.24) is 5.32 Å². The maximum absolute atomic E-state index is 13.3. The van der Waals surface area contributed by atoms with E-state index in [9.17, 15) is 4.39 Å². The van der Waals surface area contributed by atoms with Gasteiger partial charge in [-0.15, -0.1) is 0 Å². The molecule has 1 saturated heterocycles. The zero-order chi connectivity index (χ0) is 14.7. The summed E-state index contributed by atoms with van der Waals surface area (Å²) in [5.74, 6) is 0.237. The minimum absolute atomic E-state index is 0.307. The van der Waals surface area contributed by atoms with Gasteiger partial charge in [0.15, 0.2) is 0 Å². The number of rotatable bonds is 4. The van der Waals surface area contributed by atoms with E-state index in [0.29, 0.717) is 17.0 Å². The molecular formula is C15H21BrClFN2. The summed E-state index contributed by atoms with van der Waals surface area (Å²) in [7, 11) is 0. The lowest BCUT2D eigenvalue weighted by atomic mass is 9.93. The van der Waals surface area contributed by atoms with Crippen LogP contribution in [-0.2, 0) is 0 Å². The first-order valence-electron chi connectivity index (χ1n) is 7.15. The summed E-state index contributed by atoms with van der Waals surface area (Å²) in [4.78, 5) is 2.25. The Hall–Kier alpha value is -0.320. The zero-order valence-electron chi connectivity index (χ0n) is 11.9. The largest absolute Gasteiger partial charge is 0.369 e. The molecule has 112 valence electrons. The molecule has 0 aromatic heterocycles. The number of hydrogen-bond donors (Lipinski definition) is 1. The lowest BCUT2D eigenvalue weighted by Crippen LogP contribution is -2.48. The van der Waals surface area contributed by atoms with Crippen molar-refractivity contribution in [2.45, 2.75) is 32.7 Å². The van der Waals surface area contributed by atoms with Crippen LogP contribution in [0.15, 0.2) is 16.6 Å². The predicted molar refractivity (Wildman–Crippen MR) is 87.2 cm³/mol. The Morgan fingerprint density at radius 2 is 2.25 bits per heavy atom. The fraction of sp³-hybridized carbons (Fsp3) is 0.600. The van der Waals surface area contributed by atoms with Crippen LogP contribution in [0.2, 0.25) is 5.02 Å². The van der Waals surface area contributed by atoms with Crippen molar-refractivity contribution in [1.29, 1.82) is 0 Å². The minimum atomic E-state index is -0.307. The number of benzene rings is 1. The van der Waals surface area contributed by atoms with Crippen molar-refractivity contribution in [3.8, 4) is 0 Å². The van der Waals surface area contributed by atoms with E-state index >= 15 is 0 Å². The Bertz CT molecular complexity index is 446. The van der Waals surface area contributed by atoms with Crippen molar-refractivity contribution < 1.29 is 4.39 Å². The van der Waals surface area contributed by atoms with E-state index in [0.717, 1.165) is 42.6 Å². The Morgan fingerprint density at radius 3 is 2.85 bits per heavy atom. The van der Waals surface area contributed by atoms with Crippen LogP contribution < -0.4 is 10.2 Å². The monoisotopic (exact) mass is 362 g/mol. The van der Waals surface area contributed by atoms with Crippen molar-refractivity contribution >= 4 is 33.2 Å². The van der Waals surface area contributed by atoms with Gasteiger partial charge in [0.25, 0.3) is 0 Å². The maximum atomic E-state index is 13.3. The highest BCUT2D eigenvalue weighted by Crippen LogP contribution is 2.37. The molecule has 5 heteroatoms. The van der Waals surface area contributed by atoms with Crippen LogP contribution in [0.4, 0.5) is 10.1 Å². The highest BCUT2D eigenvalue weighted by atomic mass is 79.9. The Kier molecular flexibility index (Phi) is 5.70. The molecular weight excluding hydrogens is 343 g/mol. The highest BCUT2D eigenvalue weighted by molar-refractivity contribution is 9.10. The Labute approximate surface area is 133 Å². The molecule has 0 aliphatic carbocycles. The molecule has 1 N–H and O–H groups in total. The van der Waals surface area contributed by atoms with Gasteiger partial charge in [-0.1, -0.05) is 25.4 Å². The summed E-state index contributed by atoms with van der Waals surface area (Å²) in [6.45, 7) is 7.38. The van der Waals surface area contributed by atoms with Crippen LogP contribution >= 0.6 is 27.5 Å². The third-order valence-corrected chi connectivity index (χ3v) is 4.75. The first kappa shape index (κ1) is 16.1. The summed E-state index contributed by atoms with van der Waals surface area (Å²) in [6, 6.07) is 3.42. The number of piperidine rings is 1. The molecule has 1 aliphatic heterocycles. The van der Waals surface area contributed by atoms with Crippen LogP contribution in [-0.4, -0.2) is 25.7 Å². The molecule has 1 fully saturated rings. The molecule has 0 amide bonds. The van der Waals surface area contributed by atoms with Crippen molar-refractivity contribution in [2.75, 3.05) is 24.5 Å². The van der Waals surface area contributed by atoms with Gasteiger partial charge in [0.1, 0.15) is 5.82 Å². The van der Waals surface area contributed by atoms with Crippen LogP contribution in [0.1, 0.15) is 26.7 Å². The molecule has 2 rings (SSSR count). The van der Waals surface area contributed by atoms with Crippen LogP contribution in [0.5, 0.6) is 0 Å². The van der Waals surface area contributed by atoms with E-state index in [1.54, 1.807) is 0 Å². The standard InChI is InChI=1S/C15H21BrClFN2/c1-3-5-19-14-4-6-20(9-10(14)2)15-12(16)7-11(18)8-13(15)17/h7-8,10,14,19H,3-6,9H2,1-2H3. The molecule has 20 heavy (non-hydrogen) atoms. The van der Waals surface area contributed by atoms with E-state index in [-0.39, 0.29) is 5.82 Å². The van der Waals surface area contributed by atoms with E-state index in [2.05, 4.69) is 40.0 Å². The normalized spacial score (nSPS) is 23.1. The summed E-state index contributed by atoms with van der Waals surface area (Å²) < 4.78 is 14.0. The first-order valence-corrected chi connectivity index (χ1v) is 8.33. The maximum Gasteiger partial charge on any atom is 0.125 e. The van der Waals surface area contributed by atoms with Gasteiger partial charge in [-0.05, 0) is 53.4 Å². The summed E-state index contributed by atoms with van der Waals surface area (Å²) >= 11 is 9.64. The quantitative estimate of drug-likeness (QED) is 0.850. The van der Waals surface area contributed by atoms with Gasteiger partial charge in [0.05, 0.1) is 10.7 Å². The van der Waals surface area contributed by atoms with Crippen molar-refractivity contribution in [3.05, 3.63) is 27.4 Å². The fourth-order valence-corrected chi connectivity index (χ4v) is 3.94. The molecule has 1 aromatic rings. The fourth-order valence-electron chi connectivity index (χ4n) is 2.82. The van der Waals surface area contributed by atoms with Gasteiger partial charge >= 0.3 is 0 Å². The second-order valence-electron chi connectivity index (χ2n) is 5.49. The average molecular weight is 364 g/mol. The van der Waals surface area contributed by atoms with Gasteiger partial charge in [0.2, 0.25) is 0 Å². The lowest BCUT2D eigenvalue weighted by molar-refractivity contribution is 0.322. The molecule has 1 aliphatic rings. The number of nitrogens with one attached hydrogen (secondary N) is 1. The van der Waals surface area contributed by atoms with E-state index in [4.69, 9.17) is 11.6 Å². The van der Waals surface area contributed by atoms with Gasteiger partial charge in [0, 0.05) is 23.6 Å². The van der Waals surface area contributed by atoms with Crippen molar-refractivity contribution in [2.24, 2.45) is 5.92 Å². The van der Waals surface area contributed by atoms with Gasteiger partial charge < -0.3 is 10.2 Å². The molecule has 0 bridgehead atoms. The summed E-state index contributed by atoms with van der Waals surface area (Å²) in [5.41, 5.74) is 0.911.